The smallest absolute Gasteiger partial charge is 0.243 e. The Morgan fingerprint density at radius 2 is 2.00 bits per heavy atom. The number of carbonyl (C=O) groups excluding carboxylic acids is 1. The molecular weight excluding hydrogens is 370 g/mol. The highest BCUT2D eigenvalue weighted by Crippen LogP contribution is 2.28. The summed E-state index contributed by atoms with van der Waals surface area (Å²) in [7, 11) is -2.08. The van der Waals surface area contributed by atoms with Crippen LogP contribution in [0.4, 0.5) is 5.69 Å². The number of rotatable bonds is 4. The van der Waals surface area contributed by atoms with Crippen LogP contribution < -0.4 is 5.32 Å². The molecular formula is C18H17N3O3S2. The third kappa shape index (κ3) is 3.11. The monoisotopic (exact) mass is 387 g/mol. The van der Waals surface area contributed by atoms with Crippen molar-refractivity contribution in [2.75, 3.05) is 12.4 Å². The van der Waals surface area contributed by atoms with E-state index in [9.17, 15) is 13.2 Å². The summed E-state index contributed by atoms with van der Waals surface area (Å²) in [6, 6.07) is 12.6. The molecule has 0 saturated heterocycles. The first-order valence-corrected chi connectivity index (χ1v) is 10.4. The number of carbonyl (C=O) groups is 1. The number of fused-ring (bicyclic) bond motifs is 2. The second-order valence-corrected chi connectivity index (χ2v) is 9.36. The van der Waals surface area contributed by atoms with Gasteiger partial charge >= 0.3 is 0 Å². The molecule has 0 bridgehead atoms. The fraction of sp³-hybridized carbons (Fsp3) is 0.222. The van der Waals surface area contributed by atoms with Crippen LogP contribution in [0.2, 0.25) is 0 Å². The second kappa shape index (κ2) is 6.46. The predicted octanol–water partition coefficient (Wildman–Crippen LogP) is 3.00. The molecule has 134 valence electrons. The van der Waals surface area contributed by atoms with Crippen molar-refractivity contribution in [3.63, 3.8) is 0 Å². The van der Waals surface area contributed by atoms with Gasteiger partial charge in [-0.05, 0) is 42.3 Å². The molecule has 1 aliphatic heterocycles. The van der Waals surface area contributed by atoms with Crippen molar-refractivity contribution in [1.29, 1.82) is 0 Å². The normalized spacial score (nSPS) is 14.5. The van der Waals surface area contributed by atoms with E-state index in [1.54, 1.807) is 19.2 Å². The van der Waals surface area contributed by atoms with Gasteiger partial charge in [-0.1, -0.05) is 12.1 Å². The number of nitrogens with one attached hydrogen (secondary N) is 1. The number of hydrogen-bond donors (Lipinski definition) is 1. The van der Waals surface area contributed by atoms with E-state index in [-0.39, 0.29) is 17.3 Å². The summed E-state index contributed by atoms with van der Waals surface area (Å²) in [6.07, 6.45) is 0.921. The largest absolute Gasteiger partial charge is 0.326 e. The lowest BCUT2D eigenvalue weighted by atomic mass is 10.0. The van der Waals surface area contributed by atoms with Crippen LogP contribution in [0.25, 0.3) is 10.2 Å². The van der Waals surface area contributed by atoms with E-state index in [2.05, 4.69) is 10.3 Å². The van der Waals surface area contributed by atoms with E-state index in [1.165, 1.54) is 21.7 Å². The van der Waals surface area contributed by atoms with Gasteiger partial charge in [0.15, 0.2) is 0 Å². The Labute approximate surface area is 155 Å². The third-order valence-corrected chi connectivity index (χ3v) is 7.20. The van der Waals surface area contributed by atoms with Crippen LogP contribution in [0, 0.1) is 0 Å². The van der Waals surface area contributed by atoms with Crippen molar-refractivity contribution in [1.82, 2.24) is 9.29 Å². The molecule has 0 spiro atoms. The number of hydrogen-bond acceptors (Lipinski definition) is 5. The van der Waals surface area contributed by atoms with Crippen molar-refractivity contribution < 1.29 is 13.2 Å². The number of aryl methyl sites for hydroxylation is 1. The van der Waals surface area contributed by atoms with Crippen molar-refractivity contribution in [2.45, 2.75) is 24.3 Å². The summed E-state index contributed by atoms with van der Waals surface area (Å²) in [4.78, 5) is 16.2. The van der Waals surface area contributed by atoms with Crippen LogP contribution in [0.15, 0.2) is 47.4 Å². The van der Waals surface area contributed by atoms with Gasteiger partial charge in [-0.15, -0.1) is 11.3 Å². The van der Waals surface area contributed by atoms with E-state index < -0.39 is 10.0 Å². The predicted molar refractivity (Wildman–Crippen MR) is 102 cm³/mol. The number of nitrogens with zero attached hydrogens (tertiary/aromatic N) is 2. The molecule has 0 unspecified atom stereocenters. The number of amides is 1. The van der Waals surface area contributed by atoms with E-state index >= 15 is 0 Å². The van der Waals surface area contributed by atoms with Crippen LogP contribution in [0.1, 0.15) is 17.0 Å². The van der Waals surface area contributed by atoms with Gasteiger partial charge in [-0.2, -0.15) is 4.31 Å². The maximum Gasteiger partial charge on any atom is 0.243 e. The van der Waals surface area contributed by atoms with Gasteiger partial charge in [0.1, 0.15) is 5.01 Å². The standard InChI is InChI=1S/C18H17N3O3S2/c1-21(11-18-20-15-4-2-3-5-16(15)25-18)26(23,24)13-7-8-14-12(10-13)6-9-17(22)19-14/h2-5,7-8,10H,6,9,11H2,1H3,(H,19,22). The Kier molecular flexibility index (Phi) is 4.26. The first-order chi connectivity index (χ1) is 12.4. The first kappa shape index (κ1) is 17.1. The van der Waals surface area contributed by atoms with Crippen molar-refractivity contribution >= 4 is 43.2 Å². The maximum atomic E-state index is 12.9. The summed E-state index contributed by atoms with van der Waals surface area (Å²) >= 11 is 1.50. The minimum atomic E-state index is -3.63. The molecule has 2 aromatic carbocycles. The Morgan fingerprint density at radius 3 is 2.81 bits per heavy atom. The topological polar surface area (TPSA) is 79.4 Å². The van der Waals surface area contributed by atoms with Gasteiger partial charge < -0.3 is 5.32 Å². The molecule has 1 amide bonds. The van der Waals surface area contributed by atoms with Gasteiger partial charge in [0.2, 0.25) is 15.9 Å². The summed E-state index contributed by atoms with van der Waals surface area (Å²) in [6.45, 7) is 0.218. The average Bonchev–Trinajstić information content (AvgIpc) is 3.03. The fourth-order valence-electron chi connectivity index (χ4n) is 2.96. The fourth-order valence-corrected chi connectivity index (χ4v) is 5.25. The van der Waals surface area contributed by atoms with Gasteiger partial charge in [0.25, 0.3) is 0 Å². The Bertz CT molecular complexity index is 1070. The number of anilines is 1. The molecule has 0 aliphatic carbocycles. The molecule has 0 radical (unpaired) electrons. The average molecular weight is 387 g/mol. The van der Waals surface area contributed by atoms with Crippen LogP contribution >= 0.6 is 11.3 Å². The Balaban J connectivity index is 1.60. The van der Waals surface area contributed by atoms with E-state index in [0.29, 0.717) is 18.5 Å². The highest BCUT2D eigenvalue weighted by molar-refractivity contribution is 7.89. The molecule has 0 atom stereocenters. The van der Waals surface area contributed by atoms with Crippen molar-refractivity contribution in [2.24, 2.45) is 0 Å². The third-order valence-electron chi connectivity index (χ3n) is 4.38. The van der Waals surface area contributed by atoms with Crippen molar-refractivity contribution in [3.05, 3.63) is 53.0 Å². The minimum Gasteiger partial charge on any atom is -0.326 e. The molecule has 26 heavy (non-hydrogen) atoms. The number of benzene rings is 2. The lowest BCUT2D eigenvalue weighted by Gasteiger charge is -2.20. The van der Waals surface area contributed by atoms with Crippen LogP contribution in [0.3, 0.4) is 0 Å². The van der Waals surface area contributed by atoms with Gasteiger partial charge in [-0.25, -0.2) is 13.4 Å². The zero-order valence-electron chi connectivity index (χ0n) is 14.1. The van der Waals surface area contributed by atoms with Gasteiger partial charge in [0.05, 0.1) is 21.7 Å². The lowest BCUT2D eigenvalue weighted by molar-refractivity contribution is -0.116. The number of aromatic nitrogens is 1. The maximum absolute atomic E-state index is 12.9. The molecule has 6 nitrogen and oxygen atoms in total. The summed E-state index contributed by atoms with van der Waals surface area (Å²) < 4.78 is 28.2. The molecule has 8 heteroatoms. The molecule has 3 aromatic rings. The molecule has 2 heterocycles. The second-order valence-electron chi connectivity index (χ2n) is 6.20. The van der Waals surface area contributed by atoms with Gasteiger partial charge in [-0.3, -0.25) is 4.79 Å². The van der Waals surface area contributed by atoms with E-state index in [1.807, 2.05) is 24.3 Å². The zero-order valence-corrected chi connectivity index (χ0v) is 15.7. The van der Waals surface area contributed by atoms with Gasteiger partial charge in [0, 0.05) is 19.2 Å². The van der Waals surface area contributed by atoms with Crippen LogP contribution in [-0.4, -0.2) is 30.7 Å². The lowest BCUT2D eigenvalue weighted by Crippen LogP contribution is -2.27. The molecule has 1 aromatic heterocycles. The van der Waals surface area contributed by atoms with Crippen LogP contribution in [0.5, 0.6) is 0 Å². The number of thiazole rings is 1. The van der Waals surface area contributed by atoms with E-state index in [0.717, 1.165) is 20.8 Å². The van der Waals surface area contributed by atoms with E-state index in [4.69, 9.17) is 0 Å². The Morgan fingerprint density at radius 1 is 1.19 bits per heavy atom. The summed E-state index contributed by atoms with van der Waals surface area (Å²) in [5.41, 5.74) is 2.41. The highest BCUT2D eigenvalue weighted by Gasteiger charge is 2.24. The molecule has 0 fully saturated rings. The number of sulfonamides is 1. The first-order valence-electron chi connectivity index (χ1n) is 8.17. The number of para-hydroxylation sites is 1. The molecule has 1 N–H and O–H groups in total. The SMILES string of the molecule is CN(Cc1nc2ccccc2s1)S(=O)(=O)c1ccc2c(c1)CCC(=O)N2. The molecule has 0 saturated carbocycles. The summed E-state index contributed by atoms with van der Waals surface area (Å²) in [5, 5.41) is 3.52. The Hall–Kier alpha value is -2.29. The molecule has 4 rings (SSSR count). The summed E-state index contributed by atoms with van der Waals surface area (Å²) in [5.74, 6) is -0.0407. The highest BCUT2D eigenvalue weighted by atomic mass is 32.2. The van der Waals surface area contributed by atoms with Crippen LogP contribution in [-0.2, 0) is 27.8 Å². The zero-order chi connectivity index (χ0) is 18.3. The minimum absolute atomic E-state index is 0.0407. The van der Waals surface area contributed by atoms with Crippen molar-refractivity contribution in [3.8, 4) is 0 Å². The molecule has 1 aliphatic rings. The quantitative estimate of drug-likeness (QED) is 0.746.